The van der Waals surface area contributed by atoms with Crippen LogP contribution in [0.2, 0.25) is 0 Å². The molecule has 0 aromatic carbocycles. The monoisotopic (exact) mass is 452 g/mol. The second-order valence-electron chi connectivity index (χ2n) is 6.00. The number of rotatable bonds is 5. The first kappa shape index (κ1) is 18.3. The van der Waals surface area contributed by atoms with Gasteiger partial charge >= 0.3 is 0 Å². The van der Waals surface area contributed by atoms with E-state index in [1.807, 2.05) is 30.4 Å². The number of hydrogen-bond donors (Lipinski definition) is 1. The van der Waals surface area contributed by atoms with Gasteiger partial charge in [-0.1, -0.05) is 18.2 Å². The van der Waals surface area contributed by atoms with Gasteiger partial charge in [0.2, 0.25) is 0 Å². The third kappa shape index (κ3) is 4.50. The molecule has 1 aliphatic heterocycles. The van der Waals surface area contributed by atoms with Gasteiger partial charge in [0.1, 0.15) is 4.34 Å². The summed E-state index contributed by atoms with van der Waals surface area (Å²) in [7, 11) is 1.90. The molecule has 0 bridgehead atoms. The number of hydrogen-bond acceptors (Lipinski definition) is 4. The van der Waals surface area contributed by atoms with Gasteiger partial charge < -0.3 is 10.2 Å². The largest absolute Gasteiger partial charge is 0.356 e. The van der Waals surface area contributed by atoms with Gasteiger partial charge in [0.15, 0.2) is 5.96 Å². The minimum atomic E-state index is 0. The summed E-state index contributed by atoms with van der Waals surface area (Å²) in [6.07, 6.45) is 8.64. The number of aromatic nitrogens is 1. The Morgan fingerprint density at radius 3 is 2.95 bits per heavy atom. The summed E-state index contributed by atoms with van der Waals surface area (Å²) >= 11 is 3.57. The molecule has 0 unspecified atom stereocenters. The third-order valence-corrected chi connectivity index (χ3v) is 6.66. The van der Waals surface area contributed by atoms with Crippen LogP contribution in [-0.4, -0.2) is 48.3 Å². The van der Waals surface area contributed by atoms with Gasteiger partial charge in [0.05, 0.1) is 0 Å². The van der Waals surface area contributed by atoms with Crippen LogP contribution in [0.5, 0.6) is 0 Å². The van der Waals surface area contributed by atoms with Crippen LogP contribution in [0.1, 0.15) is 32.1 Å². The van der Waals surface area contributed by atoms with Gasteiger partial charge in [-0.3, -0.25) is 4.99 Å². The Balaban J connectivity index is 0.00000176. The lowest BCUT2D eigenvalue weighted by Crippen LogP contribution is -2.42. The molecule has 2 fully saturated rings. The van der Waals surface area contributed by atoms with E-state index in [4.69, 9.17) is 0 Å². The fourth-order valence-electron chi connectivity index (χ4n) is 3.25. The number of likely N-dealkylation sites (tertiary alicyclic amines) is 1. The maximum atomic E-state index is 4.46. The van der Waals surface area contributed by atoms with Crippen molar-refractivity contribution in [1.82, 2.24) is 15.2 Å². The average molecular weight is 452 g/mol. The molecule has 22 heavy (non-hydrogen) atoms. The summed E-state index contributed by atoms with van der Waals surface area (Å²) in [4.78, 5) is 11.2. The Morgan fingerprint density at radius 2 is 2.36 bits per heavy atom. The molecule has 1 aromatic rings. The van der Waals surface area contributed by atoms with E-state index in [-0.39, 0.29) is 24.0 Å². The van der Waals surface area contributed by atoms with Crippen molar-refractivity contribution in [3.63, 3.8) is 0 Å². The lowest BCUT2D eigenvalue weighted by atomic mass is 9.68. The Morgan fingerprint density at radius 1 is 1.50 bits per heavy atom. The van der Waals surface area contributed by atoms with Crippen molar-refractivity contribution in [3.05, 3.63) is 11.6 Å². The van der Waals surface area contributed by atoms with Crippen molar-refractivity contribution in [2.75, 3.05) is 32.4 Å². The van der Waals surface area contributed by atoms with E-state index in [9.17, 15) is 0 Å². The highest BCUT2D eigenvalue weighted by Crippen LogP contribution is 2.47. The zero-order chi connectivity index (χ0) is 14.5. The van der Waals surface area contributed by atoms with Gasteiger partial charge in [-0.2, -0.15) is 0 Å². The molecule has 1 saturated heterocycles. The molecule has 2 aliphatic rings. The molecule has 1 aliphatic carbocycles. The number of thioether (sulfide) groups is 1. The topological polar surface area (TPSA) is 40.5 Å². The first-order chi connectivity index (χ1) is 10.3. The number of thiazole rings is 1. The van der Waals surface area contributed by atoms with Crippen LogP contribution >= 0.6 is 47.1 Å². The van der Waals surface area contributed by atoms with E-state index >= 15 is 0 Å². The van der Waals surface area contributed by atoms with Crippen LogP contribution in [0.4, 0.5) is 0 Å². The fraction of sp³-hybridized carbons (Fsp3) is 0.733. The molecule has 4 nitrogen and oxygen atoms in total. The molecule has 0 radical (unpaired) electrons. The highest BCUT2D eigenvalue weighted by atomic mass is 127. The number of nitrogens with zero attached hydrogens (tertiary/aromatic N) is 3. The molecule has 1 N–H and O–H groups in total. The Kier molecular flexibility index (Phi) is 7.27. The molecule has 1 saturated carbocycles. The quantitative estimate of drug-likeness (QED) is 0.243. The summed E-state index contributed by atoms with van der Waals surface area (Å²) in [5.74, 6) is 2.21. The van der Waals surface area contributed by atoms with Crippen LogP contribution in [0.25, 0.3) is 0 Å². The molecule has 0 amide bonds. The molecule has 1 spiro atoms. The first-order valence-electron chi connectivity index (χ1n) is 7.79. The average Bonchev–Trinajstić information content (AvgIpc) is 3.11. The SMILES string of the molecule is CN=C(NCCCSc1nccs1)N1CCC2(CCC2)C1.I. The predicted molar refractivity (Wildman–Crippen MR) is 107 cm³/mol. The van der Waals surface area contributed by atoms with Crippen molar-refractivity contribution in [1.29, 1.82) is 0 Å². The van der Waals surface area contributed by atoms with Crippen molar-refractivity contribution < 1.29 is 0 Å². The van der Waals surface area contributed by atoms with E-state index in [1.54, 1.807) is 11.3 Å². The van der Waals surface area contributed by atoms with E-state index in [1.165, 1.54) is 43.1 Å². The zero-order valence-electron chi connectivity index (χ0n) is 13.1. The molecule has 3 rings (SSSR count). The minimum Gasteiger partial charge on any atom is -0.356 e. The minimum absolute atomic E-state index is 0. The smallest absolute Gasteiger partial charge is 0.193 e. The first-order valence-corrected chi connectivity index (χ1v) is 9.66. The third-order valence-electron chi connectivity index (χ3n) is 4.60. The normalized spacial score (nSPS) is 19.9. The Hall–Kier alpha value is -0.0200. The van der Waals surface area contributed by atoms with Crippen LogP contribution in [0, 0.1) is 5.41 Å². The number of halogens is 1. The molecular weight excluding hydrogens is 427 g/mol. The number of guanidine groups is 1. The number of nitrogens with one attached hydrogen (secondary N) is 1. The van der Waals surface area contributed by atoms with E-state index in [2.05, 4.69) is 20.2 Å². The van der Waals surface area contributed by atoms with Crippen LogP contribution in [0.15, 0.2) is 20.9 Å². The highest BCUT2D eigenvalue weighted by molar-refractivity contribution is 14.0. The van der Waals surface area contributed by atoms with Gasteiger partial charge in [-0.25, -0.2) is 4.98 Å². The van der Waals surface area contributed by atoms with Crippen molar-refractivity contribution in [3.8, 4) is 0 Å². The van der Waals surface area contributed by atoms with Crippen LogP contribution in [-0.2, 0) is 0 Å². The van der Waals surface area contributed by atoms with Crippen LogP contribution < -0.4 is 5.32 Å². The number of aliphatic imine (C=N–C) groups is 1. The van der Waals surface area contributed by atoms with E-state index < -0.39 is 0 Å². The van der Waals surface area contributed by atoms with Gasteiger partial charge in [0.25, 0.3) is 0 Å². The summed E-state index contributed by atoms with van der Waals surface area (Å²) in [5.41, 5.74) is 0.637. The Labute approximate surface area is 158 Å². The maximum Gasteiger partial charge on any atom is 0.193 e. The fourth-order valence-corrected chi connectivity index (χ4v) is 4.89. The molecular formula is C15H25IN4S2. The second kappa shape index (κ2) is 8.73. The summed E-state index contributed by atoms with van der Waals surface area (Å²) < 4.78 is 1.17. The van der Waals surface area contributed by atoms with Gasteiger partial charge in [-0.05, 0) is 31.1 Å². The van der Waals surface area contributed by atoms with E-state index in [0.717, 1.165) is 24.7 Å². The van der Waals surface area contributed by atoms with Crippen molar-refractivity contribution in [2.45, 2.75) is 36.4 Å². The van der Waals surface area contributed by atoms with Crippen LogP contribution in [0.3, 0.4) is 0 Å². The van der Waals surface area contributed by atoms with Gasteiger partial charge in [0, 0.05) is 44.0 Å². The molecule has 124 valence electrons. The van der Waals surface area contributed by atoms with Gasteiger partial charge in [-0.15, -0.1) is 35.3 Å². The molecule has 0 atom stereocenters. The summed E-state index contributed by atoms with van der Waals surface area (Å²) in [6, 6.07) is 0. The summed E-state index contributed by atoms with van der Waals surface area (Å²) in [5, 5.41) is 5.56. The van der Waals surface area contributed by atoms with E-state index in [0.29, 0.717) is 5.41 Å². The lowest BCUT2D eigenvalue weighted by Gasteiger charge is -2.38. The zero-order valence-corrected chi connectivity index (χ0v) is 17.0. The lowest BCUT2D eigenvalue weighted by molar-refractivity contribution is 0.151. The molecule has 7 heteroatoms. The predicted octanol–water partition coefficient (Wildman–Crippen LogP) is 3.69. The maximum absolute atomic E-state index is 4.46. The molecule has 1 aromatic heterocycles. The Bertz CT molecular complexity index is 474. The van der Waals surface area contributed by atoms with Crippen molar-refractivity contribution in [2.24, 2.45) is 10.4 Å². The van der Waals surface area contributed by atoms with Crippen molar-refractivity contribution >= 4 is 53.0 Å². The second-order valence-corrected chi connectivity index (χ2v) is 8.24. The molecule has 2 heterocycles. The highest BCUT2D eigenvalue weighted by Gasteiger charge is 2.43. The summed E-state index contributed by atoms with van der Waals surface area (Å²) in [6.45, 7) is 3.38. The standard InChI is InChI=1S/C15H24N4S2.HI/c1-16-13(19-9-6-15(12-19)4-2-5-15)17-7-3-10-20-14-18-8-11-21-14;/h8,11H,2-7,9-10,12H2,1H3,(H,16,17);1H.